The van der Waals surface area contributed by atoms with Crippen LogP contribution in [-0.4, -0.2) is 52.6 Å². The van der Waals surface area contributed by atoms with Crippen LogP contribution in [0.25, 0.3) is 0 Å². The van der Waals surface area contributed by atoms with Gasteiger partial charge in [-0.15, -0.1) is 7.42 Å². The molecule has 16 heavy (non-hydrogen) atoms. The first-order valence-corrected chi connectivity index (χ1v) is 8.40. The highest BCUT2D eigenvalue weighted by Crippen LogP contribution is 2.31. The Morgan fingerprint density at radius 1 is 0.812 bits per heavy atom. The van der Waals surface area contributed by atoms with Crippen molar-refractivity contribution in [1.29, 1.82) is 0 Å². The van der Waals surface area contributed by atoms with E-state index in [4.69, 9.17) is 0 Å². The van der Waals surface area contributed by atoms with Crippen LogP contribution < -0.4 is 0 Å². The van der Waals surface area contributed by atoms with Crippen molar-refractivity contribution in [3.8, 4) is 0 Å². The quantitative estimate of drug-likeness (QED) is 0.473. The summed E-state index contributed by atoms with van der Waals surface area (Å²) in [7, 11) is -1.88. The molecule has 8 nitrogen and oxygen atoms in total. The summed E-state index contributed by atoms with van der Waals surface area (Å²) < 4.78 is 54.4. The Balaban J connectivity index is 4.39. The molecule has 0 aliphatic heterocycles. The summed E-state index contributed by atoms with van der Waals surface area (Å²) in [4.78, 5) is 0. The van der Waals surface area contributed by atoms with Crippen LogP contribution in [0, 0.1) is 0 Å². The van der Waals surface area contributed by atoms with Gasteiger partial charge in [0.25, 0.3) is 0 Å². The normalized spacial score (nSPS) is 13.6. The molecule has 0 fully saturated rings. The van der Waals surface area contributed by atoms with Crippen molar-refractivity contribution in [2.24, 2.45) is 0 Å². The smallest absolute Gasteiger partial charge is 0.261 e. The summed E-state index contributed by atoms with van der Waals surface area (Å²) in [6, 6.07) is 0. The third-order valence-electron chi connectivity index (χ3n) is 1.29. The van der Waals surface area contributed by atoms with E-state index in [1.54, 1.807) is 0 Å². The van der Waals surface area contributed by atoms with Crippen molar-refractivity contribution < 1.29 is 25.2 Å². The summed E-state index contributed by atoms with van der Waals surface area (Å²) in [5, 5.41) is 0. The minimum Gasteiger partial charge on any atom is -0.261 e. The Kier molecular flexibility index (Phi) is 6.57. The van der Waals surface area contributed by atoms with Crippen LogP contribution in [-0.2, 0) is 29.0 Å². The van der Waals surface area contributed by atoms with Crippen molar-refractivity contribution in [3.05, 3.63) is 0 Å². The van der Waals surface area contributed by atoms with Gasteiger partial charge in [0, 0.05) is 36.1 Å². The second-order valence-electron chi connectivity index (χ2n) is 2.22. The van der Waals surface area contributed by atoms with Gasteiger partial charge in [0.15, 0.2) is 0 Å². The molecule has 0 aromatic carbocycles. The standard InChI is InChI=1S/C4H12N2O6S4/c1-5(15(7,8)11-3)13-14-6(2)16(9,10)12-4/h1-4H3. The van der Waals surface area contributed by atoms with Crippen LogP contribution in [0.1, 0.15) is 0 Å². The lowest BCUT2D eigenvalue weighted by Crippen LogP contribution is -2.24. The van der Waals surface area contributed by atoms with Crippen molar-refractivity contribution >= 4 is 42.6 Å². The minimum atomic E-state index is -3.83. The van der Waals surface area contributed by atoms with Gasteiger partial charge in [0.2, 0.25) is 0 Å². The zero-order valence-corrected chi connectivity index (χ0v) is 12.2. The summed E-state index contributed by atoms with van der Waals surface area (Å²) in [5.74, 6) is 0. The fraction of sp³-hybridized carbons (Fsp3) is 1.00. The maximum Gasteiger partial charge on any atom is 0.348 e. The van der Waals surface area contributed by atoms with E-state index in [9.17, 15) is 16.8 Å². The SMILES string of the molecule is COS(=O)(=O)N(C)SSN(C)S(=O)(=O)OC. The highest BCUT2D eigenvalue weighted by molar-refractivity contribution is 8.76. The molecule has 0 unspecified atom stereocenters. The fourth-order valence-corrected chi connectivity index (χ4v) is 4.34. The lowest BCUT2D eigenvalue weighted by molar-refractivity contribution is 0.372. The van der Waals surface area contributed by atoms with Gasteiger partial charge in [-0.2, -0.15) is 16.8 Å². The molecule has 0 aromatic rings. The maximum atomic E-state index is 11.1. The summed E-state index contributed by atoms with van der Waals surface area (Å²) in [6.45, 7) is 0. The van der Waals surface area contributed by atoms with Gasteiger partial charge in [-0.1, -0.05) is 0 Å². The van der Waals surface area contributed by atoms with E-state index < -0.39 is 20.6 Å². The maximum absolute atomic E-state index is 11.1. The van der Waals surface area contributed by atoms with Crippen molar-refractivity contribution in [3.63, 3.8) is 0 Å². The van der Waals surface area contributed by atoms with Crippen molar-refractivity contribution in [2.75, 3.05) is 28.3 Å². The van der Waals surface area contributed by atoms with E-state index in [0.29, 0.717) is 22.0 Å². The molecule has 98 valence electrons. The fourth-order valence-electron chi connectivity index (χ4n) is 0.378. The predicted molar refractivity (Wildman–Crippen MR) is 62.6 cm³/mol. The van der Waals surface area contributed by atoms with Gasteiger partial charge in [-0.25, -0.2) is 0 Å². The third-order valence-corrected chi connectivity index (χ3v) is 7.53. The molecule has 0 saturated heterocycles. The highest BCUT2D eigenvalue weighted by atomic mass is 33.1. The molecule has 0 saturated carbocycles. The Labute approximate surface area is 103 Å². The molecule has 0 N–H and O–H groups in total. The molecule has 0 spiro atoms. The molecule has 0 atom stereocenters. The number of rotatable bonds is 7. The first-order valence-electron chi connectivity index (χ1n) is 3.61. The van der Waals surface area contributed by atoms with Crippen LogP contribution in [0.5, 0.6) is 0 Å². The van der Waals surface area contributed by atoms with E-state index >= 15 is 0 Å². The van der Waals surface area contributed by atoms with Gasteiger partial charge in [0.05, 0.1) is 14.2 Å². The van der Waals surface area contributed by atoms with E-state index in [2.05, 4.69) is 8.37 Å². The van der Waals surface area contributed by atoms with Gasteiger partial charge in [-0.3, -0.25) is 8.37 Å². The zero-order chi connectivity index (χ0) is 13.0. The molecule has 12 heteroatoms. The van der Waals surface area contributed by atoms with Crippen LogP contribution in [0.2, 0.25) is 0 Å². The van der Waals surface area contributed by atoms with E-state index in [-0.39, 0.29) is 0 Å². The van der Waals surface area contributed by atoms with Crippen LogP contribution >= 0.6 is 22.0 Å². The lowest BCUT2D eigenvalue weighted by atomic mass is 11.6. The lowest BCUT2D eigenvalue weighted by Gasteiger charge is -2.17. The van der Waals surface area contributed by atoms with Crippen LogP contribution in [0.4, 0.5) is 0 Å². The van der Waals surface area contributed by atoms with E-state index in [0.717, 1.165) is 21.6 Å². The molecular weight excluding hydrogens is 300 g/mol. The molecule has 0 bridgehead atoms. The average Bonchev–Trinajstić information content (AvgIpc) is 2.24. The zero-order valence-electron chi connectivity index (χ0n) is 8.98. The molecule has 0 radical (unpaired) electrons. The molecule has 0 aliphatic rings. The number of hydrogen-bond acceptors (Lipinski definition) is 8. The minimum absolute atomic E-state index is 0.662. The number of hydrogen-bond donors (Lipinski definition) is 0. The number of nitrogens with zero attached hydrogens (tertiary/aromatic N) is 2. The molecule has 0 amide bonds. The molecule has 0 rings (SSSR count). The van der Waals surface area contributed by atoms with Crippen molar-refractivity contribution in [2.45, 2.75) is 0 Å². The summed E-state index contributed by atoms with van der Waals surface area (Å²) in [5.41, 5.74) is 0. The molecule has 0 aliphatic carbocycles. The molecule has 0 aromatic heterocycles. The summed E-state index contributed by atoms with van der Waals surface area (Å²) >= 11 is 0. The summed E-state index contributed by atoms with van der Waals surface area (Å²) in [6.07, 6.45) is 0. The van der Waals surface area contributed by atoms with Gasteiger partial charge >= 0.3 is 20.6 Å². The Morgan fingerprint density at radius 2 is 1.06 bits per heavy atom. The molecular formula is C4H12N2O6S4. The van der Waals surface area contributed by atoms with Crippen LogP contribution in [0.15, 0.2) is 0 Å². The predicted octanol–water partition coefficient (Wildman–Crippen LogP) is -0.156. The average molecular weight is 312 g/mol. The van der Waals surface area contributed by atoms with Gasteiger partial charge in [-0.05, 0) is 0 Å². The van der Waals surface area contributed by atoms with Crippen LogP contribution in [0.3, 0.4) is 0 Å². The monoisotopic (exact) mass is 312 g/mol. The first kappa shape index (κ1) is 16.4. The second kappa shape index (κ2) is 6.39. The third kappa shape index (κ3) is 4.75. The largest absolute Gasteiger partial charge is 0.348 e. The Hall–Kier alpha value is 0.440. The van der Waals surface area contributed by atoms with Gasteiger partial charge in [0.1, 0.15) is 0 Å². The second-order valence-corrected chi connectivity index (χ2v) is 8.44. The topological polar surface area (TPSA) is 93.2 Å². The van der Waals surface area contributed by atoms with E-state index in [1.807, 2.05) is 0 Å². The van der Waals surface area contributed by atoms with Crippen molar-refractivity contribution in [1.82, 2.24) is 7.42 Å². The Bertz CT molecular complexity index is 364. The Morgan fingerprint density at radius 3 is 1.25 bits per heavy atom. The highest BCUT2D eigenvalue weighted by Gasteiger charge is 2.23. The molecule has 0 heterocycles. The van der Waals surface area contributed by atoms with Gasteiger partial charge < -0.3 is 0 Å². The van der Waals surface area contributed by atoms with E-state index in [1.165, 1.54) is 14.1 Å². The first-order chi connectivity index (χ1) is 7.17.